The Bertz CT molecular complexity index is 150. The van der Waals surface area contributed by atoms with Crippen molar-refractivity contribution in [1.29, 1.82) is 5.41 Å². The molecule has 0 bridgehead atoms. The molecule has 0 rings (SSSR count). The van der Waals surface area contributed by atoms with E-state index in [1.807, 2.05) is 6.92 Å². The highest BCUT2D eigenvalue weighted by Gasteiger charge is 1.97. The molecule has 3 N–H and O–H groups in total. The fourth-order valence-electron chi connectivity index (χ4n) is 0.587. The summed E-state index contributed by atoms with van der Waals surface area (Å²) in [6.07, 6.45) is 1.41. The van der Waals surface area contributed by atoms with Crippen LogP contribution < -0.4 is 5.73 Å². The Kier molecular flexibility index (Phi) is 2.71. The lowest BCUT2D eigenvalue weighted by atomic mass is 10.1. The third kappa shape index (κ3) is 2.13. The third-order valence-corrected chi connectivity index (χ3v) is 1.03. The molecule has 0 spiro atoms. The van der Waals surface area contributed by atoms with Gasteiger partial charge in [0.1, 0.15) is 0 Å². The molecule has 2 nitrogen and oxygen atoms in total. The summed E-state index contributed by atoms with van der Waals surface area (Å²) in [6.45, 7) is 7.18. The van der Waals surface area contributed by atoms with E-state index >= 15 is 0 Å². The Hall–Kier alpha value is -1.05. The number of nitrogens with one attached hydrogen (secondary N) is 1. The molecule has 0 aliphatic heterocycles. The molecular formula is C7H12N2. The van der Waals surface area contributed by atoms with E-state index in [-0.39, 0.29) is 0 Å². The normalized spacial score (nSPS) is 11.1. The predicted molar refractivity (Wildman–Crippen MR) is 40.5 cm³/mol. The van der Waals surface area contributed by atoms with Gasteiger partial charge < -0.3 is 11.1 Å². The molecule has 0 aliphatic carbocycles. The Labute approximate surface area is 55.6 Å². The van der Waals surface area contributed by atoms with Gasteiger partial charge in [-0.05, 0) is 19.4 Å². The molecule has 0 aromatic rings. The monoisotopic (exact) mass is 124 g/mol. The highest BCUT2D eigenvalue weighted by atomic mass is 14.5. The highest BCUT2D eigenvalue weighted by molar-refractivity contribution is 5.99. The van der Waals surface area contributed by atoms with E-state index < -0.39 is 0 Å². The zero-order valence-electron chi connectivity index (χ0n) is 5.86. The molecule has 0 heterocycles. The molecule has 2 heteroatoms. The molecule has 0 aromatic heterocycles. The Morgan fingerprint density at radius 3 is 2.00 bits per heavy atom. The maximum Gasteiger partial charge on any atom is 0.0372 e. The van der Waals surface area contributed by atoms with Gasteiger partial charge in [-0.25, -0.2) is 0 Å². The minimum atomic E-state index is 0.463. The maximum absolute atomic E-state index is 7.17. The zero-order valence-corrected chi connectivity index (χ0v) is 5.86. The van der Waals surface area contributed by atoms with Crippen molar-refractivity contribution in [2.45, 2.75) is 13.8 Å². The highest BCUT2D eigenvalue weighted by Crippen LogP contribution is 2.04. The van der Waals surface area contributed by atoms with Crippen molar-refractivity contribution in [1.82, 2.24) is 0 Å². The summed E-state index contributed by atoms with van der Waals surface area (Å²) in [6, 6.07) is 0. The van der Waals surface area contributed by atoms with Crippen LogP contribution in [0.4, 0.5) is 0 Å². The van der Waals surface area contributed by atoms with Crippen molar-refractivity contribution in [3.05, 3.63) is 23.9 Å². The predicted octanol–water partition coefficient (Wildman–Crippen LogP) is 1.44. The number of allylic oxidation sites excluding steroid dienone is 2. The molecule has 50 valence electrons. The molecule has 0 unspecified atom stereocenters. The van der Waals surface area contributed by atoms with Crippen LogP contribution in [0.3, 0.4) is 0 Å². The topological polar surface area (TPSA) is 49.9 Å². The summed E-state index contributed by atoms with van der Waals surface area (Å²) in [7, 11) is 0. The SMILES string of the molecule is C=C(C)/C(=C/N)C(C)=N. The lowest BCUT2D eigenvalue weighted by molar-refractivity contribution is 1.37. The molecule has 0 saturated heterocycles. The summed E-state index contributed by atoms with van der Waals surface area (Å²) >= 11 is 0. The van der Waals surface area contributed by atoms with Gasteiger partial charge in [-0.1, -0.05) is 6.58 Å². The molecule has 0 saturated carbocycles. The van der Waals surface area contributed by atoms with Gasteiger partial charge in [-0.3, -0.25) is 0 Å². The second kappa shape index (κ2) is 3.07. The first-order valence-electron chi connectivity index (χ1n) is 2.73. The summed E-state index contributed by atoms with van der Waals surface area (Å²) in [5.74, 6) is 0. The van der Waals surface area contributed by atoms with E-state index in [2.05, 4.69) is 6.58 Å². The van der Waals surface area contributed by atoms with Crippen molar-refractivity contribution in [3.8, 4) is 0 Å². The van der Waals surface area contributed by atoms with E-state index in [9.17, 15) is 0 Å². The van der Waals surface area contributed by atoms with Crippen molar-refractivity contribution in [2.75, 3.05) is 0 Å². The minimum absolute atomic E-state index is 0.463. The smallest absolute Gasteiger partial charge is 0.0372 e. The van der Waals surface area contributed by atoms with Crippen LogP contribution in [0.2, 0.25) is 0 Å². The Morgan fingerprint density at radius 1 is 1.56 bits per heavy atom. The Morgan fingerprint density at radius 2 is 2.00 bits per heavy atom. The van der Waals surface area contributed by atoms with E-state index in [4.69, 9.17) is 11.1 Å². The summed E-state index contributed by atoms with van der Waals surface area (Å²) < 4.78 is 0. The second-order valence-corrected chi connectivity index (χ2v) is 1.99. The molecule has 0 radical (unpaired) electrons. The maximum atomic E-state index is 7.17. The van der Waals surface area contributed by atoms with Gasteiger partial charge in [0.05, 0.1) is 0 Å². The van der Waals surface area contributed by atoms with E-state index in [1.165, 1.54) is 6.20 Å². The molecule has 0 amide bonds. The van der Waals surface area contributed by atoms with Crippen LogP contribution >= 0.6 is 0 Å². The van der Waals surface area contributed by atoms with Crippen molar-refractivity contribution < 1.29 is 0 Å². The van der Waals surface area contributed by atoms with Crippen molar-refractivity contribution >= 4 is 5.71 Å². The van der Waals surface area contributed by atoms with E-state index in [0.29, 0.717) is 5.71 Å². The number of hydrogen-bond donors (Lipinski definition) is 2. The lowest BCUT2D eigenvalue weighted by Gasteiger charge is -2.00. The average molecular weight is 124 g/mol. The number of nitrogens with two attached hydrogens (primary N) is 1. The van der Waals surface area contributed by atoms with Gasteiger partial charge in [-0.2, -0.15) is 0 Å². The quantitative estimate of drug-likeness (QED) is 0.424. The van der Waals surface area contributed by atoms with Gasteiger partial charge in [0.15, 0.2) is 0 Å². The first-order chi connectivity index (χ1) is 4.09. The van der Waals surface area contributed by atoms with Gasteiger partial charge in [0, 0.05) is 17.5 Å². The lowest BCUT2D eigenvalue weighted by Crippen LogP contribution is -1.99. The van der Waals surface area contributed by atoms with Crippen LogP contribution in [0.5, 0.6) is 0 Å². The molecule has 0 fully saturated rings. The van der Waals surface area contributed by atoms with Gasteiger partial charge in [-0.15, -0.1) is 0 Å². The zero-order chi connectivity index (χ0) is 7.44. The molecule has 0 aliphatic rings. The summed E-state index contributed by atoms with van der Waals surface area (Å²) in [5.41, 5.74) is 7.24. The Balaban J connectivity index is 4.38. The molecule has 0 atom stereocenters. The standard InChI is InChI=1S/C7H12N2/c1-5(2)7(4-8)6(3)9/h4,9H,1,8H2,2-3H3/b7-4-,9-6?. The summed E-state index contributed by atoms with van der Waals surface area (Å²) in [4.78, 5) is 0. The van der Waals surface area contributed by atoms with Crippen molar-refractivity contribution in [3.63, 3.8) is 0 Å². The van der Waals surface area contributed by atoms with Crippen LogP contribution in [0.25, 0.3) is 0 Å². The fraction of sp³-hybridized carbons (Fsp3) is 0.286. The van der Waals surface area contributed by atoms with Crippen molar-refractivity contribution in [2.24, 2.45) is 5.73 Å². The van der Waals surface area contributed by atoms with Crippen LogP contribution in [0, 0.1) is 5.41 Å². The largest absolute Gasteiger partial charge is 0.404 e. The molecule has 0 aromatic carbocycles. The molecule has 9 heavy (non-hydrogen) atoms. The number of hydrogen-bond acceptors (Lipinski definition) is 2. The minimum Gasteiger partial charge on any atom is -0.404 e. The fourth-order valence-corrected chi connectivity index (χ4v) is 0.587. The van der Waals surface area contributed by atoms with Gasteiger partial charge >= 0.3 is 0 Å². The number of rotatable bonds is 2. The van der Waals surface area contributed by atoms with E-state index in [0.717, 1.165) is 11.1 Å². The van der Waals surface area contributed by atoms with Crippen LogP contribution in [-0.4, -0.2) is 5.71 Å². The van der Waals surface area contributed by atoms with Crippen LogP contribution in [0.1, 0.15) is 13.8 Å². The van der Waals surface area contributed by atoms with E-state index in [1.54, 1.807) is 6.92 Å². The average Bonchev–Trinajstić information content (AvgIpc) is 1.64. The van der Waals surface area contributed by atoms with Gasteiger partial charge in [0.25, 0.3) is 0 Å². The second-order valence-electron chi connectivity index (χ2n) is 1.99. The third-order valence-electron chi connectivity index (χ3n) is 1.03. The molecular weight excluding hydrogens is 112 g/mol. The first-order valence-corrected chi connectivity index (χ1v) is 2.73. The summed E-state index contributed by atoms with van der Waals surface area (Å²) in [5, 5.41) is 7.17. The van der Waals surface area contributed by atoms with Crippen LogP contribution in [-0.2, 0) is 0 Å². The van der Waals surface area contributed by atoms with Gasteiger partial charge in [0.2, 0.25) is 0 Å². The first kappa shape index (κ1) is 7.95. The van der Waals surface area contributed by atoms with Crippen LogP contribution in [0.15, 0.2) is 23.9 Å².